The molecule has 1 N–H and O–H groups in total. The summed E-state index contributed by atoms with van der Waals surface area (Å²) < 4.78 is 25.4. The second-order valence-corrected chi connectivity index (χ2v) is 3.32. The van der Waals surface area contributed by atoms with Crippen molar-refractivity contribution in [3.8, 4) is 0 Å². The molecule has 0 aliphatic carbocycles. The van der Waals surface area contributed by atoms with Crippen LogP contribution in [0.25, 0.3) is 0 Å². The smallest absolute Gasteiger partial charge is 0.314 e. The van der Waals surface area contributed by atoms with Gasteiger partial charge in [0, 0.05) is 12.5 Å². The van der Waals surface area contributed by atoms with E-state index in [1.807, 2.05) is 0 Å². The molecule has 1 fully saturated rings. The number of rotatable bonds is 3. The first kappa shape index (κ1) is 9.86. The normalized spacial score (nSPS) is 24.4. The highest BCUT2D eigenvalue weighted by Crippen LogP contribution is 2.26. The molecule has 0 amide bonds. The molecule has 1 heterocycles. The minimum absolute atomic E-state index is 0.261. The van der Waals surface area contributed by atoms with E-state index in [0.717, 1.165) is 13.0 Å². The maximum Gasteiger partial charge on any atom is 0.321 e. The quantitative estimate of drug-likeness (QED) is 0.696. The van der Waals surface area contributed by atoms with Crippen molar-refractivity contribution in [1.82, 2.24) is 5.32 Å². The van der Waals surface area contributed by atoms with Crippen LogP contribution in [0.1, 0.15) is 19.3 Å². The van der Waals surface area contributed by atoms with Crippen molar-refractivity contribution >= 4 is 16.8 Å². The summed E-state index contributed by atoms with van der Waals surface area (Å²) in [5.74, 6) is -3.37. The van der Waals surface area contributed by atoms with Crippen LogP contribution in [0.5, 0.6) is 0 Å². The van der Waals surface area contributed by atoms with E-state index in [1.165, 1.54) is 0 Å². The van der Waals surface area contributed by atoms with Gasteiger partial charge in [0.25, 0.3) is 5.24 Å². The molecule has 1 saturated heterocycles. The Morgan fingerprint density at radius 3 is 2.75 bits per heavy atom. The molecule has 1 aliphatic heterocycles. The van der Waals surface area contributed by atoms with E-state index in [4.69, 9.17) is 11.6 Å². The van der Waals surface area contributed by atoms with Crippen molar-refractivity contribution in [3.05, 3.63) is 0 Å². The van der Waals surface area contributed by atoms with E-state index in [9.17, 15) is 13.6 Å². The van der Waals surface area contributed by atoms with Crippen LogP contribution in [0.3, 0.4) is 0 Å². The molecule has 0 saturated carbocycles. The molecule has 1 rings (SSSR count). The third-order valence-electron chi connectivity index (χ3n) is 1.95. The molecular formula is C7H10ClF2NO. The molecule has 1 atom stereocenters. The van der Waals surface area contributed by atoms with Crippen LogP contribution >= 0.6 is 11.6 Å². The highest BCUT2D eigenvalue weighted by atomic mass is 35.5. The summed E-state index contributed by atoms with van der Waals surface area (Å²) in [5, 5.41) is 1.32. The van der Waals surface area contributed by atoms with Crippen LogP contribution in [-0.4, -0.2) is 23.8 Å². The Balaban J connectivity index is 2.42. The number of alkyl halides is 2. The molecule has 12 heavy (non-hydrogen) atoms. The van der Waals surface area contributed by atoms with Gasteiger partial charge in [0.2, 0.25) is 0 Å². The van der Waals surface area contributed by atoms with Crippen LogP contribution in [0, 0.1) is 0 Å². The fourth-order valence-electron chi connectivity index (χ4n) is 1.32. The second kappa shape index (κ2) is 3.66. The predicted molar refractivity (Wildman–Crippen MR) is 41.4 cm³/mol. The van der Waals surface area contributed by atoms with Gasteiger partial charge in [-0.15, -0.1) is 0 Å². The Hall–Kier alpha value is -0.220. The number of hydrogen-bond donors (Lipinski definition) is 1. The number of hydrogen-bond acceptors (Lipinski definition) is 2. The van der Waals surface area contributed by atoms with Crippen molar-refractivity contribution in [1.29, 1.82) is 0 Å². The SMILES string of the molecule is O=C(Cl)C(F)(F)CC1CCCN1. The summed E-state index contributed by atoms with van der Waals surface area (Å²) in [4.78, 5) is 10.2. The molecular weight excluding hydrogens is 188 g/mol. The van der Waals surface area contributed by atoms with Gasteiger partial charge in [-0.1, -0.05) is 0 Å². The van der Waals surface area contributed by atoms with Crippen LogP contribution in [0.2, 0.25) is 0 Å². The zero-order chi connectivity index (χ0) is 9.19. The molecule has 0 radical (unpaired) electrons. The lowest BCUT2D eigenvalue weighted by Gasteiger charge is -2.16. The molecule has 0 bridgehead atoms. The molecule has 70 valence electrons. The summed E-state index contributed by atoms with van der Waals surface area (Å²) in [6.07, 6.45) is 1.10. The number of carbonyl (C=O) groups is 1. The summed E-state index contributed by atoms with van der Waals surface area (Å²) in [6, 6.07) is -0.261. The van der Waals surface area contributed by atoms with Crippen molar-refractivity contribution in [2.45, 2.75) is 31.2 Å². The average molecular weight is 198 g/mol. The Morgan fingerprint density at radius 1 is 1.67 bits per heavy atom. The highest BCUT2D eigenvalue weighted by Gasteiger charge is 2.40. The van der Waals surface area contributed by atoms with Crippen molar-refractivity contribution in [2.24, 2.45) is 0 Å². The fraction of sp³-hybridized carbons (Fsp3) is 0.857. The lowest BCUT2D eigenvalue weighted by Crippen LogP contribution is -2.34. The first-order valence-electron chi connectivity index (χ1n) is 3.83. The molecule has 0 aromatic carbocycles. The predicted octanol–water partition coefficient (Wildman–Crippen LogP) is 1.53. The van der Waals surface area contributed by atoms with E-state index in [2.05, 4.69) is 5.32 Å². The van der Waals surface area contributed by atoms with E-state index in [0.29, 0.717) is 6.42 Å². The molecule has 0 spiro atoms. The number of halogens is 3. The van der Waals surface area contributed by atoms with Gasteiger partial charge in [-0.3, -0.25) is 4.79 Å². The lowest BCUT2D eigenvalue weighted by molar-refractivity contribution is -0.135. The maximum absolute atomic E-state index is 12.7. The average Bonchev–Trinajstić information content (AvgIpc) is 2.38. The molecule has 0 aromatic heterocycles. The van der Waals surface area contributed by atoms with E-state index in [1.54, 1.807) is 0 Å². The van der Waals surface area contributed by atoms with Gasteiger partial charge in [0.1, 0.15) is 0 Å². The summed E-state index contributed by atoms with van der Waals surface area (Å²) in [6.45, 7) is 0.747. The van der Waals surface area contributed by atoms with E-state index in [-0.39, 0.29) is 6.04 Å². The third kappa shape index (κ3) is 2.38. The van der Waals surface area contributed by atoms with Gasteiger partial charge >= 0.3 is 5.92 Å². The molecule has 0 aromatic rings. The standard InChI is InChI=1S/C7H10ClF2NO/c8-6(12)7(9,10)4-5-2-1-3-11-5/h5,11H,1-4H2. The van der Waals surface area contributed by atoms with Crippen molar-refractivity contribution in [2.75, 3.05) is 6.54 Å². The van der Waals surface area contributed by atoms with Gasteiger partial charge in [-0.2, -0.15) is 8.78 Å². The molecule has 5 heteroatoms. The Labute approximate surface area is 74.3 Å². The number of carbonyl (C=O) groups excluding carboxylic acids is 1. The first-order chi connectivity index (χ1) is 5.52. The second-order valence-electron chi connectivity index (χ2n) is 2.98. The van der Waals surface area contributed by atoms with E-state index >= 15 is 0 Å². The third-order valence-corrected chi connectivity index (χ3v) is 2.23. The summed E-state index contributed by atoms with van der Waals surface area (Å²) in [5.41, 5.74) is 0. The van der Waals surface area contributed by atoms with Gasteiger partial charge in [-0.05, 0) is 31.0 Å². The first-order valence-corrected chi connectivity index (χ1v) is 4.21. The van der Waals surface area contributed by atoms with Crippen LogP contribution in [0.15, 0.2) is 0 Å². The topological polar surface area (TPSA) is 29.1 Å². The maximum atomic E-state index is 12.7. The molecule has 1 unspecified atom stereocenters. The van der Waals surface area contributed by atoms with Gasteiger partial charge in [-0.25, -0.2) is 0 Å². The Kier molecular flexibility index (Phi) is 3.01. The molecule has 1 aliphatic rings. The Morgan fingerprint density at radius 2 is 2.33 bits per heavy atom. The minimum atomic E-state index is -3.37. The van der Waals surface area contributed by atoms with E-state index < -0.39 is 17.6 Å². The summed E-state index contributed by atoms with van der Waals surface area (Å²) in [7, 11) is 0. The van der Waals surface area contributed by atoms with Crippen LogP contribution < -0.4 is 5.32 Å². The van der Waals surface area contributed by atoms with Gasteiger partial charge in [0.15, 0.2) is 0 Å². The van der Waals surface area contributed by atoms with Crippen LogP contribution in [0.4, 0.5) is 8.78 Å². The van der Waals surface area contributed by atoms with Crippen molar-refractivity contribution < 1.29 is 13.6 Å². The zero-order valence-electron chi connectivity index (χ0n) is 6.45. The lowest BCUT2D eigenvalue weighted by atomic mass is 10.1. The number of nitrogens with one attached hydrogen (secondary N) is 1. The fourth-order valence-corrected chi connectivity index (χ4v) is 1.40. The summed E-state index contributed by atoms with van der Waals surface area (Å²) >= 11 is 4.73. The van der Waals surface area contributed by atoms with Crippen LogP contribution in [-0.2, 0) is 4.79 Å². The van der Waals surface area contributed by atoms with Gasteiger partial charge in [0.05, 0.1) is 0 Å². The monoisotopic (exact) mass is 197 g/mol. The molecule has 2 nitrogen and oxygen atoms in total. The Bertz CT molecular complexity index is 180. The minimum Gasteiger partial charge on any atom is -0.314 e. The van der Waals surface area contributed by atoms with Crippen molar-refractivity contribution in [3.63, 3.8) is 0 Å². The zero-order valence-corrected chi connectivity index (χ0v) is 7.20. The van der Waals surface area contributed by atoms with Gasteiger partial charge < -0.3 is 5.32 Å². The largest absolute Gasteiger partial charge is 0.321 e. The highest BCUT2D eigenvalue weighted by molar-refractivity contribution is 6.65.